The molecule has 0 spiro atoms. The molecule has 0 atom stereocenters. The Morgan fingerprint density at radius 1 is 1.35 bits per heavy atom. The molecule has 0 amide bonds. The Morgan fingerprint density at radius 2 is 2.15 bits per heavy atom. The number of aryl methyl sites for hydroxylation is 1. The number of hydrogen-bond donors (Lipinski definition) is 2. The Balaban J connectivity index is 0.00000338. The van der Waals surface area contributed by atoms with Crippen LogP contribution in [0.4, 0.5) is 0 Å². The molecule has 0 fully saturated rings. The van der Waals surface area contributed by atoms with E-state index in [-0.39, 0.29) is 24.0 Å². The molecule has 0 radical (unpaired) electrons. The first kappa shape index (κ1) is 22.4. The maximum atomic E-state index is 5.68. The molecule has 0 aliphatic heterocycles. The van der Waals surface area contributed by atoms with Gasteiger partial charge in [0, 0.05) is 37.5 Å². The van der Waals surface area contributed by atoms with Crippen LogP contribution in [-0.4, -0.2) is 31.1 Å². The fourth-order valence-electron chi connectivity index (χ4n) is 2.27. The molecule has 26 heavy (non-hydrogen) atoms. The van der Waals surface area contributed by atoms with E-state index in [2.05, 4.69) is 39.5 Å². The minimum Gasteiger partial charge on any atom is -0.489 e. The number of nitrogens with one attached hydrogen (secondary N) is 2. The van der Waals surface area contributed by atoms with Gasteiger partial charge in [-0.25, -0.2) is 4.98 Å². The molecule has 1 aromatic carbocycles. The van der Waals surface area contributed by atoms with Gasteiger partial charge in [-0.3, -0.25) is 4.99 Å². The first-order valence-electron chi connectivity index (χ1n) is 8.46. The lowest BCUT2D eigenvalue weighted by molar-refractivity contribution is 0.358. The van der Waals surface area contributed by atoms with Gasteiger partial charge in [0.15, 0.2) is 5.96 Å². The van der Waals surface area contributed by atoms with Crippen molar-refractivity contribution in [2.75, 3.05) is 20.2 Å². The van der Waals surface area contributed by atoms with Gasteiger partial charge >= 0.3 is 0 Å². The summed E-state index contributed by atoms with van der Waals surface area (Å²) >= 11 is 1.72. The standard InChI is InChI=1S/C19H26N4OS.HI/c1-4-12-24-17-9-7-6-8-15(17)13-22-19(20-3)21-11-10-16-14-25-18(5-2)23-16;/h4,6-9,14H,1,5,10-13H2,2-3H3,(H2,20,21,22);1H. The number of benzene rings is 1. The first-order valence-corrected chi connectivity index (χ1v) is 9.34. The average Bonchev–Trinajstić information content (AvgIpc) is 3.11. The van der Waals surface area contributed by atoms with Gasteiger partial charge in [0.05, 0.1) is 10.7 Å². The molecule has 2 N–H and O–H groups in total. The minimum atomic E-state index is 0. The molecule has 7 heteroatoms. The molecule has 0 aliphatic carbocycles. The second kappa shape index (κ2) is 12.7. The maximum Gasteiger partial charge on any atom is 0.191 e. The molecule has 1 aromatic heterocycles. The molecular formula is C19H27IN4OS. The van der Waals surface area contributed by atoms with Crippen molar-refractivity contribution >= 4 is 41.3 Å². The number of hydrogen-bond acceptors (Lipinski definition) is 4. The van der Waals surface area contributed by atoms with Crippen LogP contribution in [-0.2, 0) is 19.4 Å². The molecule has 142 valence electrons. The van der Waals surface area contributed by atoms with E-state index in [1.54, 1.807) is 24.5 Å². The number of halogens is 1. The van der Waals surface area contributed by atoms with Crippen molar-refractivity contribution in [2.24, 2.45) is 4.99 Å². The summed E-state index contributed by atoms with van der Waals surface area (Å²) in [6.07, 6.45) is 3.62. The van der Waals surface area contributed by atoms with Gasteiger partial charge in [0.25, 0.3) is 0 Å². The van der Waals surface area contributed by atoms with Gasteiger partial charge in [-0.1, -0.05) is 37.8 Å². The zero-order valence-corrected chi connectivity index (χ0v) is 18.5. The summed E-state index contributed by atoms with van der Waals surface area (Å²) in [5.74, 6) is 1.63. The third kappa shape index (κ3) is 7.33. The summed E-state index contributed by atoms with van der Waals surface area (Å²) < 4.78 is 5.68. The topological polar surface area (TPSA) is 58.5 Å². The predicted molar refractivity (Wildman–Crippen MR) is 121 cm³/mol. The molecule has 0 aliphatic rings. The van der Waals surface area contributed by atoms with Gasteiger partial charge in [-0.05, 0) is 12.5 Å². The quantitative estimate of drug-likeness (QED) is 0.245. The van der Waals surface area contributed by atoms with Crippen LogP contribution in [0.15, 0.2) is 47.3 Å². The highest BCUT2D eigenvalue weighted by Crippen LogP contribution is 2.17. The normalized spacial score (nSPS) is 10.8. The van der Waals surface area contributed by atoms with Crippen LogP contribution in [0.3, 0.4) is 0 Å². The molecule has 0 saturated carbocycles. The van der Waals surface area contributed by atoms with Gasteiger partial charge in [-0.2, -0.15) is 0 Å². The molecular weight excluding hydrogens is 459 g/mol. The van der Waals surface area contributed by atoms with Crippen molar-refractivity contribution in [2.45, 2.75) is 26.3 Å². The number of thiazole rings is 1. The summed E-state index contributed by atoms with van der Waals surface area (Å²) in [6, 6.07) is 7.97. The van der Waals surface area contributed by atoms with Crippen LogP contribution in [0.25, 0.3) is 0 Å². The smallest absolute Gasteiger partial charge is 0.191 e. The van der Waals surface area contributed by atoms with Crippen molar-refractivity contribution in [1.29, 1.82) is 0 Å². The highest BCUT2D eigenvalue weighted by Gasteiger charge is 2.05. The molecule has 0 unspecified atom stereocenters. The molecule has 1 heterocycles. The highest BCUT2D eigenvalue weighted by atomic mass is 127. The zero-order valence-electron chi connectivity index (χ0n) is 15.3. The Bertz CT molecular complexity index is 702. The van der Waals surface area contributed by atoms with E-state index in [9.17, 15) is 0 Å². The molecule has 0 bridgehead atoms. The van der Waals surface area contributed by atoms with E-state index >= 15 is 0 Å². The average molecular weight is 486 g/mol. The first-order chi connectivity index (χ1) is 12.3. The number of ether oxygens (including phenoxy) is 1. The van der Waals surface area contributed by atoms with Crippen molar-refractivity contribution in [1.82, 2.24) is 15.6 Å². The lowest BCUT2D eigenvalue weighted by Crippen LogP contribution is -2.38. The summed E-state index contributed by atoms with van der Waals surface area (Å²) in [5, 5.41) is 9.96. The van der Waals surface area contributed by atoms with Crippen LogP contribution < -0.4 is 15.4 Å². The fourth-order valence-corrected chi connectivity index (χ4v) is 3.05. The highest BCUT2D eigenvalue weighted by molar-refractivity contribution is 14.0. The van der Waals surface area contributed by atoms with Crippen LogP contribution >= 0.6 is 35.3 Å². The second-order valence-electron chi connectivity index (χ2n) is 5.40. The van der Waals surface area contributed by atoms with E-state index in [1.165, 1.54) is 5.01 Å². The van der Waals surface area contributed by atoms with Gasteiger partial charge in [-0.15, -0.1) is 35.3 Å². The molecule has 2 rings (SSSR count). The lowest BCUT2D eigenvalue weighted by atomic mass is 10.2. The van der Waals surface area contributed by atoms with Gasteiger partial charge in [0.1, 0.15) is 12.4 Å². The van der Waals surface area contributed by atoms with Crippen LogP contribution in [0.5, 0.6) is 5.75 Å². The molecule has 2 aromatic rings. The Hall–Kier alpha value is -1.61. The van der Waals surface area contributed by atoms with Crippen LogP contribution in [0.2, 0.25) is 0 Å². The van der Waals surface area contributed by atoms with Gasteiger partial charge < -0.3 is 15.4 Å². The Morgan fingerprint density at radius 3 is 2.85 bits per heavy atom. The number of para-hydroxylation sites is 1. The van der Waals surface area contributed by atoms with Crippen molar-refractivity contribution in [3.63, 3.8) is 0 Å². The Labute approximate surface area is 177 Å². The number of aromatic nitrogens is 1. The lowest BCUT2D eigenvalue weighted by Gasteiger charge is -2.14. The van der Waals surface area contributed by atoms with Crippen LogP contribution in [0, 0.1) is 0 Å². The van der Waals surface area contributed by atoms with E-state index in [4.69, 9.17) is 4.74 Å². The Kier molecular flexibility index (Phi) is 11.0. The fraction of sp³-hybridized carbons (Fsp3) is 0.368. The molecule has 0 saturated heterocycles. The number of guanidine groups is 1. The monoisotopic (exact) mass is 486 g/mol. The SMILES string of the molecule is C=CCOc1ccccc1CNC(=NC)NCCc1csc(CC)n1.I. The zero-order chi connectivity index (χ0) is 17.9. The maximum absolute atomic E-state index is 5.68. The van der Waals surface area contributed by atoms with E-state index in [1.807, 2.05) is 24.3 Å². The van der Waals surface area contributed by atoms with Crippen molar-refractivity contribution < 1.29 is 4.74 Å². The van der Waals surface area contributed by atoms with E-state index < -0.39 is 0 Å². The van der Waals surface area contributed by atoms with Crippen molar-refractivity contribution in [3.05, 3.63) is 58.6 Å². The third-order valence-corrected chi connectivity index (χ3v) is 4.62. The summed E-state index contributed by atoms with van der Waals surface area (Å²) in [6.45, 7) is 7.75. The van der Waals surface area contributed by atoms with Crippen LogP contribution in [0.1, 0.15) is 23.2 Å². The number of nitrogens with zero attached hydrogens (tertiary/aromatic N) is 2. The summed E-state index contributed by atoms with van der Waals surface area (Å²) in [4.78, 5) is 8.85. The van der Waals surface area contributed by atoms with Gasteiger partial charge in [0.2, 0.25) is 0 Å². The van der Waals surface area contributed by atoms with E-state index in [0.717, 1.165) is 42.4 Å². The third-order valence-electron chi connectivity index (χ3n) is 3.57. The van der Waals surface area contributed by atoms with Crippen molar-refractivity contribution in [3.8, 4) is 5.75 Å². The largest absolute Gasteiger partial charge is 0.489 e. The minimum absolute atomic E-state index is 0. The number of rotatable bonds is 9. The predicted octanol–water partition coefficient (Wildman–Crippen LogP) is 3.80. The second-order valence-corrected chi connectivity index (χ2v) is 6.34. The summed E-state index contributed by atoms with van der Waals surface area (Å²) in [5.41, 5.74) is 2.22. The number of aliphatic imine (C=N–C) groups is 1. The van der Waals surface area contributed by atoms with E-state index in [0.29, 0.717) is 13.2 Å². The summed E-state index contributed by atoms with van der Waals surface area (Å²) in [7, 11) is 1.77. The molecule has 5 nitrogen and oxygen atoms in total.